The number of nitrogens with one attached hydrogen (secondary N) is 1. The predicted octanol–water partition coefficient (Wildman–Crippen LogP) is 5.54. The molecule has 4 aromatic rings. The molecule has 1 amide bonds. The van der Waals surface area contributed by atoms with Gasteiger partial charge in [0.05, 0.1) is 27.0 Å². The van der Waals surface area contributed by atoms with Gasteiger partial charge in [-0.3, -0.25) is 9.20 Å². The van der Waals surface area contributed by atoms with Crippen molar-refractivity contribution in [3.05, 3.63) is 63.6 Å². The number of anilines is 1. The lowest BCUT2D eigenvalue weighted by Gasteiger charge is -2.11. The van der Waals surface area contributed by atoms with E-state index in [1.54, 1.807) is 6.07 Å². The number of pyridine rings is 1. The molecule has 2 heterocycles. The molecule has 2 aromatic carbocycles. The van der Waals surface area contributed by atoms with E-state index < -0.39 is 0 Å². The van der Waals surface area contributed by atoms with Crippen molar-refractivity contribution in [1.82, 2.24) is 14.6 Å². The first kappa shape index (κ1) is 19.1. The van der Waals surface area contributed by atoms with Gasteiger partial charge in [-0.15, -0.1) is 10.2 Å². The van der Waals surface area contributed by atoms with Crippen LogP contribution in [0.3, 0.4) is 0 Å². The first-order chi connectivity index (χ1) is 13.5. The minimum atomic E-state index is -0.215. The summed E-state index contributed by atoms with van der Waals surface area (Å²) in [5.41, 5.74) is 4.17. The normalized spacial score (nSPS) is 11.3. The van der Waals surface area contributed by atoms with E-state index in [4.69, 9.17) is 23.2 Å². The number of halogens is 2. The van der Waals surface area contributed by atoms with Crippen molar-refractivity contribution in [2.45, 2.75) is 19.0 Å². The molecule has 0 saturated carbocycles. The third kappa shape index (κ3) is 3.43. The highest BCUT2D eigenvalue weighted by atomic mass is 35.5. The molecule has 0 aliphatic heterocycles. The number of nitrogens with zero attached hydrogens (tertiary/aromatic N) is 3. The fourth-order valence-electron chi connectivity index (χ4n) is 3.05. The Labute approximate surface area is 176 Å². The van der Waals surface area contributed by atoms with Crippen molar-refractivity contribution >= 4 is 63.1 Å². The molecule has 0 spiro atoms. The number of fused-ring (bicyclic) bond motifs is 3. The maximum atomic E-state index is 12.5. The minimum Gasteiger partial charge on any atom is -0.323 e. The van der Waals surface area contributed by atoms with Gasteiger partial charge in [-0.05, 0) is 43.2 Å². The summed E-state index contributed by atoms with van der Waals surface area (Å²) >= 11 is 13.8. The van der Waals surface area contributed by atoms with Gasteiger partial charge in [-0.2, -0.15) is 0 Å². The van der Waals surface area contributed by atoms with Crippen molar-refractivity contribution in [2.24, 2.45) is 0 Å². The Hall–Kier alpha value is -2.28. The van der Waals surface area contributed by atoms with Crippen LogP contribution in [0, 0.1) is 13.8 Å². The molecule has 8 heteroatoms. The third-order valence-corrected chi connectivity index (χ3v) is 6.19. The molecular formula is C20H16Cl2N4OS. The van der Waals surface area contributed by atoms with Crippen LogP contribution in [-0.2, 0) is 4.79 Å². The Morgan fingerprint density at radius 2 is 1.89 bits per heavy atom. The second-order valence-electron chi connectivity index (χ2n) is 6.41. The van der Waals surface area contributed by atoms with E-state index in [0.717, 1.165) is 27.7 Å². The van der Waals surface area contributed by atoms with Crippen molar-refractivity contribution in [3.63, 3.8) is 0 Å². The Morgan fingerprint density at radius 3 is 2.71 bits per heavy atom. The Kier molecular flexibility index (Phi) is 5.19. The van der Waals surface area contributed by atoms with Gasteiger partial charge in [-0.25, -0.2) is 0 Å². The van der Waals surface area contributed by atoms with Crippen LogP contribution in [0.5, 0.6) is 0 Å². The summed E-state index contributed by atoms with van der Waals surface area (Å²) in [5.74, 6) is -0.0589. The topological polar surface area (TPSA) is 59.3 Å². The van der Waals surface area contributed by atoms with Gasteiger partial charge < -0.3 is 5.32 Å². The summed E-state index contributed by atoms with van der Waals surface area (Å²) in [6.07, 6.45) is 0. The monoisotopic (exact) mass is 430 g/mol. The quantitative estimate of drug-likeness (QED) is 0.431. The highest BCUT2D eigenvalue weighted by Gasteiger charge is 2.15. The van der Waals surface area contributed by atoms with E-state index in [1.807, 2.05) is 48.6 Å². The number of carbonyl (C=O) groups excluding carboxylic acids is 1. The fourth-order valence-corrected chi connectivity index (χ4v) is 4.26. The van der Waals surface area contributed by atoms with Crippen molar-refractivity contribution in [3.8, 4) is 0 Å². The molecule has 0 radical (unpaired) electrons. The van der Waals surface area contributed by atoms with Gasteiger partial charge in [0.15, 0.2) is 10.8 Å². The Bertz CT molecular complexity index is 1220. The number of aromatic nitrogens is 3. The first-order valence-corrected chi connectivity index (χ1v) is 10.3. The second kappa shape index (κ2) is 7.62. The van der Waals surface area contributed by atoms with Gasteiger partial charge in [0.1, 0.15) is 0 Å². The number of hydrogen-bond donors (Lipinski definition) is 1. The molecule has 0 aliphatic carbocycles. The van der Waals surface area contributed by atoms with Gasteiger partial charge >= 0.3 is 0 Å². The third-order valence-electron chi connectivity index (χ3n) is 4.45. The molecule has 1 N–H and O–H groups in total. The first-order valence-electron chi connectivity index (χ1n) is 8.56. The zero-order chi connectivity index (χ0) is 19.8. The van der Waals surface area contributed by atoms with E-state index in [2.05, 4.69) is 21.6 Å². The minimum absolute atomic E-state index is 0.156. The number of para-hydroxylation sites is 1. The number of aryl methyl sites for hydroxylation is 2. The molecular weight excluding hydrogens is 415 g/mol. The molecule has 0 unspecified atom stereocenters. The van der Waals surface area contributed by atoms with Crippen LogP contribution in [-0.4, -0.2) is 26.3 Å². The van der Waals surface area contributed by atoms with Crippen LogP contribution < -0.4 is 5.32 Å². The van der Waals surface area contributed by atoms with Gasteiger partial charge in [0.2, 0.25) is 5.91 Å². The van der Waals surface area contributed by atoms with Crippen molar-refractivity contribution < 1.29 is 4.79 Å². The largest absolute Gasteiger partial charge is 0.323 e. The van der Waals surface area contributed by atoms with Crippen LogP contribution in [0.4, 0.5) is 5.69 Å². The highest BCUT2D eigenvalue weighted by Crippen LogP contribution is 2.33. The second-order valence-corrected chi connectivity index (χ2v) is 8.14. The maximum absolute atomic E-state index is 12.5. The summed E-state index contributed by atoms with van der Waals surface area (Å²) in [6.45, 7) is 3.91. The maximum Gasteiger partial charge on any atom is 0.234 e. The summed E-state index contributed by atoms with van der Waals surface area (Å²) in [4.78, 5) is 12.5. The molecule has 0 saturated heterocycles. The van der Waals surface area contributed by atoms with Crippen LogP contribution in [0.1, 0.15) is 11.1 Å². The summed E-state index contributed by atoms with van der Waals surface area (Å²) < 4.78 is 1.97. The highest BCUT2D eigenvalue weighted by molar-refractivity contribution is 7.99. The number of rotatable bonds is 4. The SMILES string of the molecule is Cc1ccc(Cl)c(NC(=O)CSc2nnc3cc(C)c4ccccc4n23)c1Cl. The van der Waals surface area contributed by atoms with E-state index in [-0.39, 0.29) is 11.7 Å². The molecule has 2 aromatic heterocycles. The van der Waals surface area contributed by atoms with E-state index in [0.29, 0.717) is 20.9 Å². The summed E-state index contributed by atoms with van der Waals surface area (Å²) in [7, 11) is 0. The van der Waals surface area contributed by atoms with Gasteiger partial charge in [0.25, 0.3) is 0 Å². The Balaban J connectivity index is 1.59. The molecule has 0 atom stereocenters. The summed E-state index contributed by atoms with van der Waals surface area (Å²) in [6, 6.07) is 13.6. The molecule has 4 rings (SSSR count). The fraction of sp³-hybridized carbons (Fsp3) is 0.150. The summed E-state index contributed by atoms with van der Waals surface area (Å²) in [5, 5.41) is 13.9. The van der Waals surface area contributed by atoms with Crippen molar-refractivity contribution in [1.29, 1.82) is 0 Å². The molecule has 0 aliphatic rings. The van der Waals surface area contributed by atoms with E-state index in [1.165, 1.54) is 11.8 Å². The molecule has 0 fully saturated rings. The number of hydrogen-bond acceptors (Lipinski definition) is 4. The molecule has 142 valence electrons. The van der Waals surface area contributed by atoms with E-state index >= 15 is 0 Å². The number of benzene rings is 2. The molecule has 5 nitrogen and oxygen atoms in total. The van der Waals surface area contributed by atoms with Crippen LogP contribution in [0.25, 0.3) is 16.6 Å². The average Bonchev–Trinajstić information content (AvgIpc) is 3.10. The van der Waals surface area contributed by atoms with Gasteiger partial charge in [0, 0.05) is 5.39 Å². The standard InChI is InChI=1S/C20H16Cl2N4OS/c1-11-7-8-14(21)19(18(11)22)23-17(27)10-28-20-25-24-16-9-12(2)13-5-3-4-6-15(13)26(16)20/h3-9H,10H2,1-2H3,(H,23,27). The number of amides is 1. The number of carbonyl (C=O) groups is 1. The molecule has 28 heavy (non-hydrogen) atoms. The van der Waals surface area contributed by atoms with Crippen molar-refractivity contribution in [2.75, 3.05) is 11.1 Å². The number of thioether (sulfide) groups is 1. The smallest absolute Gasteiger partial charge is 0.234 e. The van der Waals surface area contributed by atoms with E-state index in [9.17, 15) is 4.79 Å². The lowest BCUT2D eigenvalue weighted by Crippen LogP contribution is -2.15. The van der Waals surface area contributed by atoms with Crippen LogP contribution in [0.15, 0.2) is 47.6 Å². The van der Waals surface area contributed by atoms with Crippen LogP contribution in [0.2, 0.25) is 10.0 Å². The zero-order valence-corrected chi connectivity index (χ0v) is 17.5. The average molecular weight is 431 g/mol. The lowest BCUT2D eigenvalue weighted by molar-refractivity contribution is -0.113. The zero-order valence-electron chi connectivity index (χ0n) is 15.2. The Morgan fingerprint density at radius 1 is 1.11 bits per heavy atom. The lowest BCUT2D eigenvalue weighted by atomic mass is 10.1. The van der Waals surface area contributed by atoms with Crippen LogP contribution >= 0.6 is 35.0 Å². The van der Waals surface area contributed by atoms with Gasteiger partial charge in [-0.1, -0.05) is 59.2 Å². The predicted molar refractivity (Wildman–Crippen MR) is 116 cm³/mol. The molecule has 0 bridgehead atoms.